The summed E-state index contributed by atoms with van der Waals surface area (Å²) in [6.45, 7) is 3.82. The lowest BCUT2D eigenvalue weighted by atomic mass is 9.68. The molecule has 0 bridgehead atoms. The standard InChI is InChI=1S/C18H15Br2Cl2NO4/c1-4-8-5-6-17(21)15(25)23(2)16(26)18(17,22)11(8)9-7-10(27-3)14(24)13(20)12(9)19/h4-5,7,11,24H,1,6H2,2-3H3/t11-,17-,18+/m1/s1. The Morgan fingerprint density at radius 3 is 2.52 bits per heavy atom. The zero-order valence-corrected chi connectivity index (χ0v) is 19.0. The first-order valence-corrected chi connectivity index (χ1v) is 10.2. The molecule has 1 N–H and O–H groups in total. The van der Waals surface area contributed by atoms with E-state index >= 15 is 0 Å². The number of halogens is 4. The summed E-state index contributed by atoms with van der Waals surface area (Å²) in [4.78, 5) is 23.4. The lowest BCUT2D eigenvalue weighted by Crippen LogP contribution is -2.55. The van der Waals surface area contributed by atoms with Crippen molar-refractivity contribution in [3.05, 3.63) is 44.9 Å². The Hall–Kier alpha value is -1.02. The predicted molar refractivity (Wildman–Crippen MR) is 111 cm³/mol. The van der Waals surface area contributed by atoms with E-state index in [2.05, 4.69) is 38.4 Å². The van der Waals surface area contributed by atoms with Gasteiger partial charge in [0.05, 0.1) is 11.6 Å². The van der Waals surface area contributed by atoms with E-state index in [0.29, 0.717) is 20.1 Å². The van der Waals surface area contributed by atoms with E-state index in [0.717, 1.165) is 4.90 Å². The molecular formula is C18H15Br2Cl2NO4. The van der Waals surface area contributed by atoms with Gasteiger partial charge in [-0.2, -0.15) is 0 Å². The van der Waals surface area contributed by atoms with Gasteiger partial charge in [0, 0.05) is 17.4 Å². The quantitative estimate of drug-likeness (QED) is 0.454. The van der Waals surface area contributed by atoms with E-state index < -0.39 is 27.5 Å². The average Bonchev–Trinajstić information content (AvgIpc) is 2.79. The van der Waals surface area contributed by atoms with Crippen LogP contribution in [0, 0.1) is 0 Å². The van der Waals surface area contributed by atoms with Gasteiger partial charge in [-0.25, -0.2) is 0 Å². The van der Waals surface area contributed by atoms with Crippen LogP contribution in [0.25, 0.3) is 0 Å². The summed E-state index contributed by atoms with van der Waals surface area (Å²) in [5, 5.41) is 10.2. The monoisotopic (exact) mass is 537 g/mol. The fourth-order valence-electron chi connectivity index (χ4n) is 3.69. The van der Waals surface area contributed by atoms with Crippen LogP contribution < -0.4 is 4.74 Å². The molecule has 3 rings (SSSR count). The summed E-state index contributed by atoms with van der Waals surface area (Å²) >= 11 is 20.4. The van der Waals surface area contributed by atoms with Gasteiger partial charge in [0.1, 0.15) is 0 Å². The van der Waals surface area contributed by atoms with E-state index in [-0.39, 0.29) is 17.9 Å². The second-order valence-electron chi connectivity index (χ2n) is 6.37. The van der Waals surface area contributed by atoms with E-state index in [9.17, 15) is 14.7 Å². The molecule has 1 saturated heterocycles. The van der Waals surface area contributed by atoms with Gasteiger partial charge in [0.15, 0.2) is 21.2 Å². The molecule has 2 aliphatic rings. The van der Waals surface area contributed by atoms with Crippen molar-refractivity contribution in [3.8, 4) is 11.5 Å². The summed E-state index contributed by atoms with van der Waals surface area (Å²) in [6.07, 6.45) is 3.44. The normalized spacial score (nSPS) is 30.2. The molecule has 0 aromatic heterocycles. The summed E-state index contributed by atoms with van der Waals surface area (Å²) < 4.78 is 6.03. The molecular weight excluding hydrogens is 525 g/mol. The highest BCUT2D eigenvalue weighted by molar-refractivity contribution is 9.13. The SMILES string of the molecule is C=CC1=CC[C@@]2(Cl)C(=O)N(C)C(=O)[C@@]2(Cl)[C@H]1c1cc(OC)c(O)c(Br)c1Br. The molecule has 1 aromatic carbocycles. The number of hydrogen-bond donors (Lipinski definition) is 1. The number of methoxy groups -OCH3 is 1. The third kappa shape index (κ3) is 2.55. The molecule has 144 valence electrons. The number of phenolic OH excluding ortho intramolecular Hbond substituents is 1. The second-order valence-corrected chi connectivity index (χ2v) is 9.20. The number of fused-ring (bicyclic) bond motifs is 1. The fourth-order valence-corrected chi connectivity index (χ4v) is 5.57. The maximum Gasteiger partial charge on any atom is 0.253 e. The highest BCUT2D eigenvalue weighted by Crippen LogP contribution is 2.60. The van der Waals surface area contributed by atoms with Crippen molar-refractivity contribution in [3.63, 3.8) is 0 Å². The van der Waals surface area contributed by atoms with Crippen LogP contribution in [0.3, 0.4) is 0 Å². The van der Waals surface area contributed by atoms with Crippen molar-refractivity contribution >= 4 is 66.9 Å². The van der Waals surface area contributed by atoms with Crippen molar-refractivity contribution in [1.29, 1.82) is 0 Å². The molecule has 0 spiro atoms. The van der Waals surface area contributed by atoms with Gasteiger partial charge in [-0.3, -0.25) is 14.5 Å². The van der Waals surface area contributed by atoms with Crippen LogP contribution in [-0.4, -0.2) is 45.7 Å². The Balaban J connectivity index is 2.37. The number of nitrogens with zero attached hydrogens (tertiary/aromatic N) is 1. The summed E-state index contributed by atoms with van der Waals surface area (Å²) in [5.74, 6) is -1.87. The maximum absolute atomic E-state index is 13.1. The number of rotatable bonds is 3. The molecule has 1 heterocycles. The molecule has 0 radical (unpaired) electrons. The van der Waals surface area contributed by atoms with Crippen molar-refractivity contribution in [2.24, 2.45) is 0 Å². The number of hydrogen-bond acceptors (Lipinski definition) is 4. The average molecular weight is 540 g/mol. The molecule has 9 heteroatoms. The Kier molecular flexibility index (Phi) is 5.21. The van der Waals surface area contributed by atoms with Crippen molar-refractivity contribution < 1.29 is 19.4 Å². The van der Waals surface area contributed by atoms with Crippen molar-refractivity contribution in [2.45, 2.75) is 22.1 Å². The lowest BCUT2D eigenvalue weighted by Gasteiger charge is -2.42. The van der Waals surface area contributed by atoms with E-state index in [4.69, 9.17) is 27.9 Å². The van der Waals surface area contributed by atoms with E-state index in [1.807, 2.05) is 0 Å². The maximum atomic E-state index is 13.1. The molecule has 5 nitrogen and oxygen atoms in total. The lowest BCUT2D eigenvalue weighted by molar-refractivity contribution is -0.137. The number of likely N-dealkylation sites (tertiary alicyclic amines) is 1. The summed E-state index contributed by atoms with van der Waals surface area (Å²) in [7, 11) is 2.77. The predicted octanol–water partition coefficient (Wildman–Crippen LogP) is 4.48. The van der Waals surface area contributed by atoms with Crippen LogP contribution in [0.5, 0.6) is 11.5 Å². The number of ether oxygens (including phenoxy) is 1. The van der Waals surface area contributed by atoms with Gasteiger partial charge in [-0.05, 0) is 55.5 Å². The van der Waals surface area contributed by atoms with Crippen molar-refractivity contribution in [2.75, 3.05) is 14.2 Å². The van der Waals surface area contributed by atoms with E-state index in [1.165, 1.54) is 14.2 Å². The molecule has 3 atom stereocenters. The fraction of sp³-hybridized carbons (Fsp3) is 0.333. The highest BCUT2D eigenvalue weighted by atomic mass is 79.9. The first-order chi connectivity index (χ1) is 12.6. The van der Waals surface area contributed by atoms with Gasteiger partial charge >= 0.3 is 0 Å². The smallest absolute Gasteiger partial charge is 0.253 e. The summed E-state index contributed by atoms with van der Waals surface area (Å²) in [5.41, 5.74) is 1.18. The molecule has 27 heavy (non-hydrogen) atoms. The number of carbonyl (C=O) groups excluding carboxylic acids is 2. The molecule has 2 amide bonds. The molecule has 1 fully saturated rings. The largest absolute Gasteiger partial charge is 0.503 e. The molecule has 0 unspecified atom stereocenters. The van der Waals surface area contributed by atoms with Crippen LogP contribution in [0.1, 0.15) is 17.9 Å². The molecule has 1 aromatic rings. The Morgan fingerprint density at radius 1 is 1.33 bits per heavy atom. The minimum absolute atomic E-state index is 0.0961. The number of imide groups is 1. The third-order valence-corrected chi connectivity index (χ3v) is 8.70. The Bertz CT molecular complexity index is 919. The van der Waals surface area contributed by atoms with Gasteiger partial charge in [0.2, 0.25) is 0 Å². The molecule has 1 aliphatic heterocycles. The number of phenols is 1. The van der Waals surface area contributed by atoms with Gasteiger partial charge < -0.3 is 9.84 Å². The number of allylic oxidation sites excluding steroid dienone is 3. The number of aromatic hydroxyl groups is 1. The van der Waals surface area contributed by atoms with Crippen LogP contribution in [0.15, 0.2) is 39.3 Å². The minimum atomic E-state index is -1.76. The number of benzene rings is 1. The number of carbonyl (C=O) groups is 2. The summed E-state index contributed by atoms with van der Waals surface area (Å²) in [6, 6.07) is 1.56. The Labute approximate surface area is 183 Å². The second kappa shape index (κ2) is 6.79. The van der Waals surface area contributed by atoms with Crippen LogP contribution >= 0.6 is 55.1 Å². The Morgan fingerprint density at radius 2 is 1.96 bits per heavy atom. The molecule has 1 aliphatic carbocycles. The highest BCUT2D eigenvalue weighted by Gasteiger charge is 2.72. The van der Waals surface area contributed by atoms with Crippen molar-refractivity contribution in [1.82, 2.24) is 4.90 Å². The van der Waals surface area contributed by atoms with Gasteiger partial charge in [-0.1, -0.05) is 18.7 Å². The van der Waals surface area contributed by atoms with Crippen LogP contribution in [0.4, 0.5) is 0 Å². The molecule has 0 saturated carbocycles. The van der Waals surface area contributed by atoms with Crippen LogP contribution in [-0.2, 0) is 9.59 Å². The van der Waals surface area contributed by atoms with Gasteiger partial charge in [-0.15, -0.1) is 23.2 Å². The van der Waals surface area contributed by atoms with Crippen LogP contribution in [0.2, 0.25) is 0 Å². The van der Waals surface area contributed by atoms with E-state index in [1.54, 1.807) is 18.2 Å². The third-order valence-electron chi connectivity index (χ3n) is 5.13. The topological polar surface area (TPSA) is 66.8 Å². The number of amides is 2. The minimum Gasteiger partial charge on any atom is -0.503 e. The zero-order chi connectivity index (χ0) is 20.3. The zero-order valence-electron chi connectivity index (χ0n) is 14.4. The first kappa shape index (κ1) is 20.7. The first-order valence-electron chi connectivity index (χ1n) is 7.84. The van der Waals surface area contributed by atoms with Gasteiger partial charge in [0.25, 0.3) is 11.8 Å². The number of alkyl halides is 2.